The Hall–Kier alpha value is -0.920. The summed E-state index contributed by atoms with van der Waals surface area (Å²) in [6.45, 7) is 9.76. The van der Waals surface area contributed by atoms with Crippen LogP contribution in [-0.4, -0.2) is 19.0 Å². The van der Waals surface area contributed by atoms with E-state index in [1.165, 1.54) is 0 Å². The number of allylic oxidation sites excluding steroid dienone is 1. The van der Waals surface area contributed by atoms with Gasteiger partial charge in [-0.1, -0.05) is 20.4 Å². The highest BCUT2D eigenvalue weighted by molar-refractivity contribution is 6.31. The van der Waals surface area contributed by atoms with Crippen molar-refractivity contribution in [3.8, 4) is 0 Å². The average molecular weight is 152 g/mol. The molecular weight excluding hydrogens is 136 g/mol. The van der Waals surface area contributed by atoms with Gasteiger partial charge in [-0.3, -0.25) is 9.98 Å². The van der Waals surface area contributed by atoms with E-state index in [9.17, 15) is 0 Å². The lowest BCUT2D eigenvalue weighted by molar-refractivity contribution is 0.892. The van der Waals surface area contributed by atoms with Crippen molar-refractivity contribution >= 4 is 11.9 Å². The van der Waals surface area contributed by atoms with Crippen LogP contribution in [-0.2, 0) is 0 Å². The van der Waals surface area contributed by atoms with Gasteiger partial charge in [0.05, 0.1) is 5.71 Å². The first-order valence-electron chi connectivity index (χ1n) is 3.74. The zero-order chi connectivity index (χ0) is 8.85. The zero-order valence-corrected chi connectivity index (χ0v) is 7.76. The van der Waals surface area contributed by atoms with Gasteiger partial charge in [0.1, 0.15) is 0 Å². The molecule has 0 atom stereocenters. The molecule has 0 unspecified atom stereocenters. The Labute approximate surface area is 68.8 Å². The van der Waals surface area contributed by atoms with Gasteiger partial charge in [-0.25, -0.2) is 0 Å². The summed E-state index contributed by atoms with van der Waals surface area (Å²) in [5.74, 6) is 0.412. The van der Waals surface area contributed by atoms with Gasteiger partial charge in [0, 0.05) is 19.0 Å². The van der Waals surface area contributed by atoms with Gasteiger partial charge < -0.3 is 0 Å². The third-order valence-electron chi connectivity index (χ3n) is 1.17. The molecule has 0 rings (SSSR count). The summed E-state index contributed by atoms with van der Waals surface area (Å²) >= 11 is 0. The standard InChI is InChI=1S/C9H16N2/c1-7(2)9(6-10-5)11-8(3)4/h6-7H,3H2,1-2,4-5H3. The quantitative estimate of drug-likeness (QED) is 0.554. The Morgan fingerprint density at radius 2 is 2.00 bits per heavy atom. The first-order chi connectivity index (χ1) is 5.07. The summed E-state index contributed by atoms with van der Waals surface area (Å²) in [6.07, 6.45) is 1.78. The van der Waals surface area contributed by atoms with Crippen molar-refractivity contribution < 1.29 is 0 Å². The van der Waals surface area contributed by atoms with Crippen LogP contribution >= 0.6 is 0 Å². The smallest absolute Gasteiger partial charge is 0.0609 e. The molecular formula is C9H16N2. The second-order valence-electron chi connectivity index (χ2n) is 2.81. The molecule has 0 saturated heterocycles. The summed E-state index contributed by atoms with van der Waals surface area (Å²) in [6, 6.07) is 0. The molecule has 0 aliphatic heterocycles. The first kappa shape index (κ1) is 10.1. The molecule has 0 aliphatic rings. The Morgan fingerprint density at radius 3 is 2.27 bits per heavy atom. The fourth-order valence-electron chi connectivity index (χ4n) is 0.660. The van der Waals surface area contributed by atoms with Crippen molar-refractivity contribution in [2.24, 2.45) is 15.9 Å². The van der Waals surface area contributed by atoms with E-state index in [1.807, 2.05) is 6.92 Å². The molecule has 0 aromatic carbocycles. The first-order valence-corrected chi connectivity index (χ1v) is 3.74. The van der Waals surface area contributed by atoms with Gasteiger partial charge >= 0.3 is 0 Å². The molecule has 0 aliphatic carbocycles. The number of rotatable bonds is 3. The number of aliphatic imine (C=N–C) groups is 2. The highest BCUT2D eigenvalue weighted by Crippen LogP contribution is 1.99. The monoisotopic (exact) mass is 152 g/mol. The van der Waals surface area contributed by atoms with Crippen LogP contribution in [0, 0.1) is 5.92 Å². The minimum absolute atomic E-state index is 0.412. The normalized spacial score (nSPS) is 13.0. The maximum atomic E-state index is 4.24. The summed E-state index contributed by atoms with van der Waals surface area (Å²) in [5, 5.41) is 0. The van der Waals surface area contributed by atoms with Gasteiger partial charge in [-0.05, 0) is 12.8 Å². The van der Waals surface area contributed by atoms with E-state index in [-0.39, 0.29) is 0 Å². The predicted octanol–water partition coefficient (Wildman–Crippen LogP) is 2.32. The van der Waals surface area contributed by atoms with Gasteiger partial charge in [0.25, 0.3) is 0 Å². The summed E-state index contributed by atoms with van der Waals surface area (Å²) in [7, 11) is 1.75. The van der Waals surface area contributed by atoms with E-state index in [0.29, 0.717) is 5.92 Å². The lowest BCUT2D eigenvalue weighted by Crippen LogP contribution is -2.08. The molecule has 0 amide bonds. The van der Waals surface area contributed by atoms with Crippen molar-refractivity contribution in [2.45, 2.75) is 20.8 Å². The molecule has 0 radical (unpaired) electrons. The maximum Gasteiger partial charge on any atom is 0.0609 e. The van der Waals surface area contributed by atoms with Gasteiger partial charge in [0.15, 0.2) is 0 Å². The van der Waals surface area contributed by atoms with Crippen molar-refractivity contribution in [1.29, 1.82) is 0 Å². The van der Waals surface area contributed by atoms with Crippen LogP contribution in [0.3, 0.4) is 0 Å². The molecule has 0 fully saturated rings. The SMILES string of the molecule is C=C(C)N=C(C=NC)C(C)C. The summed E-state index contributed by atoms with van der Waals surface area (Å²) < 4.78 is 0. The van der Waals surface area contributed by atoms with Gasteiger partial charge in [-0.2, -0.15) is 0 Å². The Morgan fingerprint density at radius 1 is 1.45 bits per heavy atom. The molecule has 0 spiro atoms. The molecule has 2 heteroatoms. The minimum atomic E-state index is 0.412. The highest BCUT2D eigenvalue weighted by Gasteiger charge is 2.00. The van der Waals surface area contributed by atoms with Crippen LogP contribution in [0.15, 0.2) is 22.3 Å². The van der Waals surface area contributed by atoms with E-state index < -0.39 is 0 Å². The molecule has 2 nitrogen and oxygen atoms in total. The van der Waals surface area contributed by atoms with Crippen molar-refractivity contribution in [2.75, 3.05) is 7.05 Å². The Balaban J connectivity index is 4.46. The molecule has 0 N–H and O–H groups in total. The molecule has 0 bridgehead atoms. The van der Waals surface area contributed by atoms with Crippen LogP contribution in [0.5, 0.6) is 0 Å². The lowest BCUT2D eigenvalue weighted by Gasteiger charge is -2.03. The number of hydrogen-bond acceptors (Lipinski definition) is 2. The van der Waals surface area contributed by atoms with Gasteiger partial charge in [0.2, 0.25) is 0 Å². The topological polar surface area (TPSA) is 24.7 Å². The van der Waals surface area contributed by atoms with Crippen LogP contribution in [0.4, 0.5) is 0 Å². The van der Waals surface area contributed by atoms with Crippen molar-refractivity contribution in [3.05, 3.63) is 12.3 Å². The Kier molecular flexibility index (Phi) is 4.42. The average Bonchev–Trinajstić information content (AvgIpc) is 1.86. The lowest BCUT2D eigenvalue weighted by atomic mass is 10.1. The van der Waals surface area contributed by atoms with Crippen LogP contribution < -0.4 is 0 Å². The van der Waals surface area contributed by atoms with E-state index in [1.54, 1.807) is 13.3 Å². The molecule has 11 heavy (non-hydrogen) atoms. The third kappa shape index (κ3) is 4.48. The highest BCUT2D eigenvalue weighted by atomic mass is 14.8. The van der Waals surface area contributed by atoms with E-state index in [2.05, 4.69) is 30.4 Å². The van der Waals surface area contributed by atoms with E-state index in [4.69, 9.17) is 0 Å². The number of nitrogens with zero attached hydrogens (tertiary/aromatic N) is 2. The molecule has 0 aromatic rings. The van der Waals surface area contributed by atoms with Crippen LogP contribution in [0.25, 0.3) is 0 Å². The van der Waals surface area contributed by atoms with Crippen molar-refractivity contribution in [3.63, 3.8) is 0 Å². The minimum Gasteiger partial charge on any atom is -0.295 e. The second-order valence-corrected chi connectivity index (χ2v) is 2.81. The molecule has 62 valence electrons. The van der Waals surface area contributed by atoms with Gasteiger partial charge in [-0.15, -0.1) is 0 Å². The third-order valence-corrected chi connectivity index (χ3v) is 1.17. The predicted molar refractivity (Wildman–Crippen MR) is 51.5 cm³/mol. The van der Waals surface area contributed by atoms with E-state index in [0.717, 1.165) is 11.4 Å². The largest absolute Gasteiger partial charge is 0.295 e. The maximum absolute atomic E-state index is 4.24. The van der Waals surface area contributed by atoms with Crippen LogP contribution in [0.1, 0.15) is 20.8 Å². The van der Waals surface area contributed by atoms with Crippen LogP contribution in [0.2, 0.25) is 0 Å². The second kappa shape index (κ2) is 4.83. The molecule has 0 aromatic heterocycles. The number of hydrogen-bond donors (Lipinski definition) is 0. The fourth-order valence-corrected chi connectivity index (χ4v) is 0.660. The Bertz CT molecular complexity index is 188. The molecule has 0 saturated carbocycles. The van der Waals surface area contributed by atoms with E-state index >= 15 is 0 Å². The van der Waals surface area contributed by atoms with Crippen molar-refractivity contribution in [1.82, 2.24) is 0 Å². The zero-order valence-electron chi connectivity index (χ0n) is 7.76. The summed E-state index contributed by atoms with van der Waals surface area (Å²) in [5.41, 5.74) is 1.81. The summed E-state index contributed by atoms with van der Waals surface area (Å²) in [4.78, 5) is 8.15. The molecule has 0 heterocycles. The fraction of sp³-hybridized carbons (Fsp3) is 0.556.